The number of methoxy groups -OCH3 is 1. The molecule has 2 rings (SSSR count). The summed E-state index contributed by atoms with van der Waals surface area (Å²) < 4.78 is 9.90. The van der Waals surface area contributed by atoms with Crippen LogP contribution in [0.25, 0.3) is 0 Å². The summed E-state index contributed by atoms with van der Waals surface area (Å²) in [5, 5.41) is 5.42. The molecular weight excluding hydrogens is 360 g/mol. The molecule has 2 amide bonds. The molecule has 0 radical (unpaired) electrons. The average molecular weight is 377 g/mol. The van der Waals surface area contributed by atoms with Gasteiger partial charge in [0.05, 0.1) is 12.7 Å². The number of ether oxygens (including phenoxy) is 2. The number of para-hydroxylation sites is 1. The van der Waals surface area contributed by atoms with Gasteiger partial charge < -0.3 is 20.1 Å². The second-order valence-electron chi connectivity index (χ2n) is 5.10. The minimum absolute atomic E-state index is 0.293. The second-order valence-corrected chi connectivity index (χ2v) is 5.54. The summed E-state index contributed by atoms with van der Waals surface area (Å²) >= 11 is 5.81. The van der Waals surface area contributed by atoms with E-state index in [1.165, 1.54) is 7.11 Å². The lowest BCUT2D eigenvalue weighted by molar-refractivity contribution is -0.146. The number of benzene rings is 2. The van der Waals surface area contributed by atoms with Crippen LogP contribution in [-0.4, -0.2) is 38.0 Å². The Kier molecular flexibility index (Phi) is 6.99. The maximum atomic E-state index is 12.0. The van der Waals surface area contributed by atoms with Gasteiger partial charge in [0.1, 0.15) is 12.3 Å². The van der Waals surface area contributed by atoms with Gasteiger partial charge in [0.15, 0.2) is 6.61 Å². The molecule has 0 fully saturated rings. The van der Waals surface area contributed by atoms with E-state index in [1.54, 1.807) is 48.5 Å². The Morgan fingerprint density at radius 1 is 1.08 bits per heavy atom. The zero-order valence-corrected chi connectivity index (χ0v) is 14.7. The van der Waals surface area contributed by atoms with Crippen LogP contribution in [0.4, 0.5) is 5.69 Å². The smallest absolute Gasteiger partial charge is 0.325 e. The summed E-state index contributed by atoms with van der Waals surface area (Å²) in [6.07, 6.45) is 0. The third kappa shape index (κ3) is 5.78. The van der Waals surface area contributed by atoms with Crippen LogP contribution >= 0.6 is 11.6 Å². The van der Waals surface area contributed by atoms with Crippen molar-refractivity contribution in [3.8, 4) is 5.75 Å². The van der Waals surface area contributed by atoms with Crippen LogP contribution in [-0.2, 0) is 14.3 Å². The fourth-order valence-corrected chi connectivity index (χ4v) is 2.23. The zero-order valence-electron chi connectivity index (χ0n) is 14.0. The van der Waals surface area contributed by atoms with Gasteiger partial charge in [-0.1, -0.05) is 29.8 Å². The Bertz CT molecular complexity index is 810. The summed E-state index contributed by atoms with van der Waals surface area (Å²) in [5.41, 5.74) is 0.782. The maximum absolute atomic E-state index is 12.0. The molecule has 0 aromatic heterocycles. The molecule has 0 saturated carbocycles. The number of amides is 2. The number of hydrogen-bond acceptors (Lipinski definition) is 5. The zero-order chi connectivity index (χ0) is 18.9. The minimum atomic E-state index is -0.741. The Balaban J connectivity index is 1.76. The lowest BCUT2D eigenvalue weighted by atomic mass is 10.2. The van der Waals surface area contributed by atoms with Crippen molar-refractivity contribution in [3.63, 3.8) is 0 Å². The molecule has 0 unspecified atom stereocenters. The van der Waals surface area contributed by atoms with Crippen LogP contribution in [0.2, 0.25) is 5.02 Å². The number of halogens is 1. The molecule has 8 heteroatoms. The monoisotopic (exact) mass is 376 g/mol. The highest BCUT2D eigenvalue weighted by atomic mass is 35.5. The molecule has 0 atom stereocenters. The Morgan fingerprint density at radius 3 is 2.58 bits per heavy atom. The van der Waals surface area contributed by atoms with E-state index in [0.29, 0.717) is 22.0 Å². The molecule has 7 nitrogen and oxygen atoms in total. The number of nitrogens with one attached hydrogen (secondary N) is 2. The van der Waals surface area contributed by atoms with Crippen molar-refractivity contribution < 1.29 is 23.9 Å². The first kappa shape index (κ1) is 19.3. The normalized spacial score (nSPS) is 9.92. The van der Waals surface area contributed by atoms with Gasteiger partial charge in [0.2, 0.25) is 0 Å². The molecule has 0 heterocycles. The summed E-state index contributed by atoms with van der Waals surface area (Å²) in [4.78, 5) is 35.5. The van der Waals surface area contributed by atoms with Gasteiger partial charge >= 0.3 is 5.97 Å². The standard InChI is InChI=1S/C18H17ClN2O5/c1-25-15-8-3-2-7-14(15)18(24)20-10-17(23)26-11-16(22)21-13-6-4-5-12(19)9-13/h2-9H,10-11H2,1H3,(H,20,24)(H,21,22). The van der Waals surface area contributed by atoms with Crippen molar-refractivity contribution in [2.24, 2.45) is 0 Å². The van der Waals surface area contributed by atoms with Crippen molar-refractivity contribution in [3.05, 3.63) is 59.1 Å². The Hall–Kier alpha value is -3.06. The summed E-state index contributed by atoms with van der Waals surface area (Å²) in [5.74, 6) is -1.35. The lowest BCUT2D eigenvalue weighted by Crippen LogP contribution is -2.32. The second kappa shape index (κ2) is 9.43. The largest absolute Gasteiger partial charge is 0.496 e. The number of esters is 1. The van der Waals surface area contributed by atoms with E-state index in [4.69, 9.17) is 21.1 Å². The fraction of sp³-hybridized carbons (Fsp3) is 0.167. The van der Waals surface area contributed by atoms with E-state index >= 15 is 0 Å². The molecule has 2 aromatic rings. The topological polar surface area (TPSA) is 93.7 Å². The van der Waals surface area contributed by atoms with Crippen molar-refractivity contribution in [2.75, 3.05) is 25.6 Å². The molecule has 0 aliphatic carbocycles. The molecule has 2 N–H and O–H groups in total. The third-order valence-corrected chi connectivity index (χ3v) is 3.45. The van der Waals surface area contributed by atoms with Crippen LogP contribution in [0.5, 0.6) is 5.75 Å². The highest BCUT2D eigenvalue weighted by Crippen LogP contribution is 2.16. The summed E-state index contributed by atoms with van der Waals surface area (Å²) in [6, 6.07) is 13.2. The van der Waals surface area contributed by atoms with E-state index in [1.807, 2.05) is 0 Å². The van der Waals surface area contributed by atoms with Gasteiger partial charge in [-0.25, -0.2) is 0 Å². The van der Waals surface area contributed by atoms with Crippen molar-refractivity contribution in [1.29, 1.82) is 0 Å². The van der Waals surface area contributed by atoms with Gasteiger partial charge in [-0.05, 0) is 30.3 Å². The molecule has 136 valence electrons. The fourth-order valence-electron chi connectivity index (χ4n) is 2.04. The minimum Gasteiger partial charge on any atom is -0.496 e. The van der Waals surface area contributed by atoms with Crippen molar-refractivity contribution in [2.45, 2.75) is 0 Å². The first-order valence-corrected chi connectivity index (χ1v) is 7.99. The molecule has 0 spiro atoms. The average Bonchev–Trinajstić information content (AvgIpc) is 2.64. The summed E-state index contributed by atoms with van der Waals surface area (Å²) in [7, 11) is 1.44. The molecule has 2 aromatic carbocycles. The third-order valence-electron chi connectivity index (χ3n) is 3.22. The molecule has 26 heavy (non-hydrogen) atoms. The molecular formula is C18H17ClN2O5. The summed E-state index contributed by atoms with van der Waals surface area (Å²) in [6.45, 7) is -0.850. The van der Waals surface area contributed by atoms with Gasteiger partial charge in [-0.3, -0.25) is 14.4 Å². The quantitative estimate of drug-likeness (QED) is 0.723. The van der Waals surface area contributed by atoms with Crippen LogP contribution in [0.15, 0.2) is 48.5 Å². The lowest BCUT2D eigenvalue weighted by Gasteiger charge is -2.09. The highest BCUT2D eigenvalue weighted by Gasteiger charge is 2.14. The first-order chi connectivity index (χ1) is 12.5. The maximum Gasteiger partial charge on any atom is 0.325 e. The van der Waals surface area contributed by atoms with E-state index in [2.05, 4.69) is 10.6 Å². The SMILES string of the molecule is COc1ccccc1C(=O)NCC(=O)OCC(=O)Nc1cccc(Cl)c1. The van der Waals surface area contributed by atoms with Crippen LogP contribution < -0.4 is 15.4 Å². The number of carbonyl (C=O) groups excluding carboxylic acids is 3. The van der Waals surface area contributed by atoms with Crippen LogP contribution in [0, 0.1) is 0 Å². The molecule has 0 aliphatic heterocycles. The van der Waals surface area contributed by atoms with Gasteiger partial charge in [-0.2, -0.15) is 0 Å². The Morgan fingerprint density at radius 2 is 1.85 bits per heavy atom. The first-order valence-electron chi connectivity index (χ1n) is 7.62. The van der Waals surface area contributed by atoms with E-state index in [9.17, 15) is 14.4 Å². The van der Waals surface area contributed by atoms with Crippen molar-refractivity contribution in [1.82, 2.24) is 5.32 Å². The predicted octanol–water partition coefficient (Wildman–Crippen LogP) is 2.26. The van der Waals surface area contributed by atoms with E-state index in [-0.39, 0.29) is 6.54 Å². The number of carbonyl (C=O) groups is 3. The van der Waals surface area contributed by atoms with Gasteiger partial charge in [0.25, 0.3) is 11.8 Å². The Labute approximate surface area is 155 Å². The van der Waals surface area contributed by atoms with E-state index in [0.717, 1.165) is 0 Å². The van der Waals surface area contributed by atoms with Crippen LogP contribution in [0.3, 0.4) is 0 Å². The van der Waals surface area contributed by atoms with Gasteiger partial charge in [0, 0.05) is 10.7 Å². The number of hydrogen-bond donors (Lipinski definition) is 2. The van der Waals surface area contributed by atoms with Crippen LogP contribution in [0.1, 0.15) is 10.4 Å². The van der Waals surface area contributed by atoms with Gasteiger partial charge in [-0.15, -0.1) is 0 Å². The number of anilines is 1. The highest BCUT2D eigenvalue weighted by molar-refractivity contribution is 6.30. The number of rotatable bonds is 7. The molecule has 0 aliphatic rings. The predicted molar refractivity (Wildman–Crippen MR) is 96.4 cm³/mol. The van der Waals surface area contributed by atoms with E-state index < -0.39 is 24.4 Å². The molecule has 0 saturated heterocycles. The molecule has 0 bridgehead atoms. The van der Waals surface area contributed by atoms with Crippen molar-refractivity contribution >= 4 is 35.1 Å².